The van der Waals surface area contributed by atoms with Crippen LogP contribution in [0, 0.1) is 11.7 Å². The summed E-state index contributed by atoms with van der Waals surface area (Å²) < 4.78 is 49.0. The van der Waals surface area contributed by atoms with Crippen LogP contribution in [0.25, 0.3) is 0 Å². The molecule has 0 aromatic heterocycles. The van der Waals surface area contributed by atoms with Gasteiger partial charge >= 0.3 is 0 Å². The van der Waals surface area contributed by atoms with Gasteiger partial charge < -0.3 is 9.47 Å². The fourth-order valence-corrected chi connectivity index (χ4v) is 4.23. The van der Waals surface area contributed by atoms with Crippen molar-refractivity contribution in [2.45, 2.75) is 37.4 Å². The molecule has 1 heterocycles. The second-order valence-electron chi connectivity index (χ2n) is 7.71. The summed E-state index contributed by atoms with van der Waals surface area (Å²) in [4.78, 5) is 13.9. The smallest absolute Gasteiger partial charge is 0.267 e. The summed E-state index contributed by atoms with van der Waals surface area (Å²) in [6.45, 7) is 3.76. The molecule has 0 spiro atoms. The topological polar surface area (TPSA) is 105 Å². The second-order valence-corrected chi connectivity index (χ2v) is 9.78. The van der Waals surface area contributed by atoms with E-state index in [1.807, 2.05) is 4.83 Å². The van der Waals surface area contributed by atoms with Crippen molar-refractivity contribution in [1.29, 1.82) is 0 Å². The molecule has 11 heteroatoms. The van der Waals surface area contributed by atoms with Crippen molar-refractivity contribution < 1.29 is 32.3 Å². The Morgan fingerprint density at radius 1 is 1.32 bits per heavy atom. The van der Waals surface area contributed by atoms with Crippen molar-refractivity contribution in [1.82, 2.24) is 10.0 Å². The Hall–Kier alpha value is -2.24. The first kappa shape index (κ1) is 23.4. The standard InChI is InChI=1S/C20H22ClFN2O6S/c1-20(2)10-14(12-30-20)19(25)24(26)23-31(27,28)17-7-5-16(6-8-17)29-11-13-3-4-15(22)9-18(13)21/h3-9,14,23,26H,10-12H2,1-2H3. The maximum atomic E-state index is 13.1. The molecule has 1 amide bonds. The molecule has 1 aliphatic rings. The number of nitrogens with one attached hydrogen (secondary N) is 1. The number of carbonyl (C=O) groups excluding carboxylic acids is 1. The first-order chi connectivity index (χ1) is 14.5. The molecular weight excluding hydrogens is 451 g/mol. The number of halogens is 2. The lowest BCUT2D eigenvalue weighted by atomic mass is 9.97. The summed E-state index contributed by atoms with van der Waals surface area (Å²) in [5.41, 5.74) is 0.0449. The number of carbonyl (C=O) groups is 1. The van der Waals surface area contributed by atoms with Gasteiger partial charge in [-0.15, -0.1) is 5.17 Å². The number of sulfonamides is 1. The van der Waals surface area contributed by atoms with Gasteiger partial charge in [0.05, 0.1) is 28.0 Å². The van der Waals surface area contributed by atoms with Gasteiger partial charge in [0.15, 0.2) is 0 Å². The Balaban J connectivity index is 1.60. The minimum atomic E-state index is -4.21. The normalized spacial score (nSPS) is 18.0. The highest BCUT2D eigenvalue weighted by molar-refractivity contribution is 7.89. The van der Waals surface area contributed by atoms with E-state index in [0.717, 1.165) is 0 Å². The molecule has 8 nitrogen and oxygen atoms in total. The number of hydrazine groups is 1. The SMILES string of the molecule is CC1(C)CC(C(=O)N(O)NS(=O)(=O)c2ccc(OCc3ccc(F)cc3Cl)cc2)CO1. The molecule has 2 aromatic carbocycles. The van der Waals surface area contributed by atoms with Crippen LogP contribution in [-0.4, -0.2) is 36.9 Å². The van der Waals surface area contributed by atoms with Crippen molar-refractivity contribution in [3.05, 3.63) is 58.9 Å². The van der Waals surface area contributed by atoms with E-state index in [1.54, 1.807) is 13.8 Å². The van der Waals surface area contributed by atoms with Gasteiger partial charge in [-0.25, -0.2) is 12.8 Å². The van der Waals surface area contributed by atoms with Crippen LogP contribution in [0.1, 0.15) is 25.8 Å². The van der Waals surface area contributed by atoms with Gasteiger partial charge in [-0.1, -0.05) is 22.5 Å². The molecule has 1 aliphatic heterocycles. The molecular formula is C20H22ClFN2O6S. The van der Waals surface area contributed by atoms with Crippen molar-refractivity contribution in [2.24, 2.45) is 5.92 Å². The van der Waals surface area contributed by atoms with Crippen LogP contribution < -0.4 is 9.57 Å². The minimum Gasteiger partial charge on any atom is -0.489 e. The third-order valence-electron chi connectivity index (χ3n) is 4.72. The Labute approximate surface area is 184 Å². The number of hydrogen-bond donors (Lipinski definition) is 2. The van der Waals surface area contributed by atoms with Gasteiger partial charge in [-0.3, -0.25) is 10.0 Å². The highest BCUT2D eigenvalue weighted by Crippen LogP contribution is 2.30. The zero-order chi connectivity index (χ0) is 22.8. The second kappa shape index (κ2) is 9.09. The number of hydroxylamine groups is 1. The zero-order valence-corrected chi connectivity index (χ0v) is 18.4. The molecule has 1 atom stereocenters. The molecule has 0 bridgehead atoms. The molecule has 31 heavy (non-hydrogen) atoms. The molecule has 2 N–H and O–H groups in total. The van der Waals surface area contributed by atoms with Crippen molar-refractivity contribution in [2.75, 3.05) is 6.61 Å². The van der Waals surface area contributed by atoms with Gasteiger partial charge in [0.2, 0.25) is 0 Å². The Morgan fingerprint density at radius 3 is 2.58 bits per heavy atom. The molecule has 1 saturated heterocycles. The highest BCUT2D eigenvalue weighted by atomic mass is 35.5. The number of amides is 1. The average Bonchev–Trinajstić information content (AvgIpc) is 3.06. The van der Waals surface area contributed by atoms with E-state index in [1.165, 1.54) is 42.5 Å². The third kappa shape index (κ3) is 5.92. The number of nitrogens with zero attached hydrogens (tertiary/aromatic N) is 1. The van der Waals surface area contributed by atoms with E-state index in [4.69, 9.17) is 21.1 Å². The molecule has 0 aliphatic carbocycles. The number of ether oxygens (including phenoxy) is 2. The largest absolute Gasteiger partial charge is 0.489 e. The molecule has 1 unspecified atom stereocenters. The molecule has 2 aromatic rings. The maximum absolute atomic E-state index is 13.1. The van der Waals surface area contributed by atoms with Crippen LogP contribution in [-0.2, 0) is 26.2 Å². The van der Waals surface area contributed by atoms with E-state index >= 15 is 0 Å². The Bertz CT molecular complexity index is 1060. The van der Waals surface area contributed by atoms with Gasteiger partial charge in [0, 0.05) is 5.56 Å². The van der Waals surface area contributed by atoms with E-state index in [-0.39, 0.29) is 28.3 Å². The summed E-state index contributed by atoms with van der Waals surface area (Å²) in [5, 5.41) is 10.1. The molecule has 0 radical (unpaired) electrons. The lowest BCUT2D eigenvalue weighted by molar-refractivity contribution is -0.177. The van der Waals surface area contributed by atoms with Crippen molar-refractivity contribution >= 4 is 27.5 Å². The van der Waals surface area contributed by atoms with E-state index in [0.29, 0.717) is 17.7 Å². The van der Waals surface area contributed by atoms with Crippen LogP contribution in [0.2, 0.25) is 5.02 Å². The summed E-state index contributed by atoms with van der Waals surface area (Å²) in [6.07, 6.45) is 0.356. The number of hydrogen-bond acceptors (Lipinski definition) is 6. The predicted molar refractivity (Wildman–Crippen MR) is 109 cm³/mol. The summed E-state index contributed by atoms with van der Waals surface area (Å²) in [7, 11) is -4.21. The van der Waals surface area contributed by atoms with E-state index < -0.39 is 33.3 Å². The quantitative estimate of drug-likeness (QED) is 0.473. The first-order valence-corrected chi connectivity index (χ1v) is 11.2. The van der Waals surface area contributed by atoms with E-state index in [2.05, 4.69) is 0 Å². The van der Waals surface area contributed by atoms with Crippen LogP contribution >= 0.6 is 11.6 Å². The van der Waals surface area contributed by atoms with Crippen molar-refractivity contribution in [3.63, 3.8) is 0 Å². The third-order valence-corrected chi connectivity index (χ3v) is 6.38. The fraction of sp³-hybridized carbons (Fsp3) is 0.350. The monoisotopic (exact) mass is 472 g/mol. The lowest BCUT2D eigenvalue weighted by Gasteiger charge is -2.19. The summed E-state index contributed by atoms with van der Waals surface area (Å²) in [5.74, 6) is -1.57. The van der Waals surface area contributed by atoms with Crippen LogP contribution in [0.3, 0.4) is 0 Å². The lowest BCUT2D eigenvalue weighted by Crippen LogP contribution is -2.46. The zero-order valence-electron chi connectivity index (χ0n) is 16.8. The molecule has 168 valence electrons. The first-order valence-electron chi connectivity index (χ1n) is 9.33. The van der Waals surface area contributed by atoms with Crippen LogP contribution in [0.4, 0.5) is 4.39 Å². The Morgan fingerprint density at radius 2 is 2.00 bits per heavy atom. The predicted octanol–water partition coefficient (Wildman–Crippen LogP) is 3.28. The maximum Gasteiger partial charge on any atom is 0.267 e. The highest BCUT2D eigenvalue weighted by Gasteiger charge is 2.39. The average molecular weight is 473 g/mol. The summed E-state index contributed by atoms with van der Waals surface area (Å²) >= 11 is 5.95. The van der Waals surface area contributed by atoms with Gasteiger partial charge in [-0.05, 0) is 56.7 Å². The Kier molecular flexibility index (Phi) is 6.87. The van der Waals surface area contributed by atoms with Gasteiger partial charge in [0.25, 0.3) is 15.9 Å². The molecule has 3 rings (SSSR count). The number of rotatable bonds is 7. The van der Waals surface area contributed by atoms with E-state index in [9.17, 15) is 22.8 Å². The number of benzene rings is 2. The van der Waals surface area contributed by atoms with Crippen LogP contribution in [0.5, 0.6) is 5.75 Å². The van der Waals surface area contributed by atoms with Crippen molar-refractivity contribution in [3.8, 4) is 5.75 Å². The van der Waals surface area contributed by atoms with Gasteiger partial charge in [-0.2, -0.15) is 0 Å². The molecule has 0 saturated carbocycles. The van der Waals surface area contributed by atoms with Gasteiger partial charge in [0.1, 0.15) is 18.2 Å². The summed E-state index contributed by atoms with van der Waals surface area (Å²) in [6, 6.07) is 9.23. The fourth-order valence-electron chi connectivity index (χ4n) is 3.10. The minimum absolute atomic E-state index is 0.0221. The van der Waals surface area contributed by atoms with Crippen LogP contribution in [0.15, 0.2) is 47.4 Å². The molecule has 1 fully saturated rings.